The molecule has 44 heavy (non-hydrogen) atoms. The minimum absolute atomic E-state index is 0.0368. The number of hydrogen-bond donors (Lipinski definition) is 1. The van der Waals surface area contributed by atoms with E-state index in [0.29, 0.717) is 22.8 Å². The molecule has 0 aliphatic heterocycles. The van der Waals surface area contributed by atoms with E-state index in [1.807, 2.05) is 48.5 Å². The van der Waals surface area contributed by atoms with E-state index < -0.39 is 24.5 Å². The molecule has 4 aromatic rings. The van der Waals surface area contributed by atoms with Gasteiger partial charge in [-0.15, -0.1) is 0 Å². The standard InChI is InChI=1S/C36H30O8/c1-5-34(38)42-30-15-10-26(11-16-30)25-6-8-28(9-7-25)32-20-29(14-19-33(32)44-36(40)24(3)22-41-4)27-12-17-31(18-13-27)43-35(39)23(2)21-37/h5-20,37H,1-3,21-22H2,4H3. The van der Waals surface area contributed by atoms with Crippen molar-refractivity contribution in [1.29, 1.82) is 0 Å². The molecule has 222 valence electrons. The molecule has 0 saturated heterocycles. The summed E-state index contributed by atoms with van der Waals surface area (Å²) in [7, 11) is 1.47. The SMILES string of the molecule is C=CC(=O)Oc1ccc(-c2ccc(-c3cc(-c4ccc(OC(=O)C(=C)CO)cc4)ccc3OC(=O)C(=C)COC)cc2)cc1. The maximum atomic E-state index is 12.7. The predicted molar refractivity (Wildman–Crippen MR) is 167 cm³/mol. The molecule has 0 fully saturated rings. The Morgan fingerprint density at radius 2 is 1.14 bits per heavy atom. The van der Waals surface area contributed by atoms with Crippen molar-refractivity contribution in [2.45, 2.75) is 0 Å². The van der Waals surface area contributed by atoms with Crippen LogP contribution < -0.4 is 14.2 Å². The number of carbonyl (C=O) groups excluding carboxylic acids is 3. The smallest absolute Gasteiger partial charge is 0.341 e. The largest absolute Gasteiger partial charge is 0.423 e. The van der Waals surface area contributed by atoms with Crippen LogP contribution in [0.1, 0.15) is 0 Å². The van der Waals surface area contributed by atoms with E-state index in [-0.39, 0.29) is 17.8 Å². The minimum Gasteiger partial charge on any atom is -0.423 e. The quantitative estimate of drug-likeness (QED) is 0.116. The second-order valence-corrected chi connectivity index (χ2v) is 9.54. The van der Waals surface area contributed by atoms with Crippen molar-refractivity contribution in [2.75, 3.05) is 20.3 Å². The second-order valence-electron chi connectivity index (χ2n) is 9.54. The molecule has 0 atom stereocenters. The average Bonchev–Trinajstić information content (AvgIpc) is 3.05. The summed E-state index contributed by atoms with van der Waals surface area (Å²) in [4.78, 5) is 36.1. The summed E-state index contributed by atoms with van der Waals surface area (Å²) in [5, 5.41) is 9.09. The molecule has 0 aromatic heterocycles. The summed E-state index contributed by atoms with van der Waals surface area (Å²) in [6.45, 7) is 10.2. The van der Waals surface area contributed by atoms with Crippen LogP contribution in [0.3, 0.4) is 0 Å². The average molecular weight is 591 g/mol. The number of benzene rings is 4. The zero-order valence-corrected chi connectivity index (χ0v) is 24.1. The summed E-state index contributed by atoms with van der Waals surface area (Å²) in [5.41, 5.74) is 5.06. The monoisotopic (exact) mass is 590 g/mol. The number of rotatable bonds is 12. The van der Waals surface area contributed by atoms with E-state index in [9.17, 15) is 14.4 Å². The Morgan fingerprint density at radius 3 is 1.68 bits per heavy atom. The van der Waals surface area contributed by atoms with Crippen molar-refractivity contribution in [3.63, 3.8) is 0 Å². The third-order valence-electron chi connectivity index (χ3n) is 6.44. The Bertz CT molecular complexity index is 1700. The molecule has 4 aromatic carbocycles. The molecule has 0 spiro atoms. The van der Waals surface area contributed by atoms with E-state index in [4.69, 9.17) is 24.1 Å². The van der Waals surface area contributed by atoms with Crippen molar-refractivity contribution in [3.05, 3.63) is 128 Å². The van der Waals surface area contributed by atoms with E-state index in [2.05, 4.69) is 19.7 Å². The molecule has 1 N–H and O–H groups in total. The van der Waals surface area contributed by atoms with Crippen LogP contribution >= 0.6 is 0 Å². The zero-order valence-electron chi connectivity index (χ0n) is 24.1. The number of methoxy groups -OCH3 is 1. The summed E-state index contributed by atoms with van der Waals surface area (Å²) in [6.07, 6.45) is 1.10. The van der Waals surface area contributed by atoms with Gasteiger partial charge in [0.1, 0.15) is 17.2 Å². The van der Waals surface area contributed by atoms with Gasteiger partial charge in [-0.1, -0.05) is 74.3 Å². The minimum atomic E-state index is -0.709. The van der Waals surface area contributed by atoms with Crippen LogP contribution in [0.2, 0.25) is 0 Å². The fraction of sp³-hybridized carbons (Fsp3) is 0.0833. The Morgan fingerprint density at radius 1 is 0.659 bits per heavy atom. The number of aliphatic hydroxyl groups is 1. The first kappa shape index (κ1) is 31.4. The second kappa shape index (κ2) is 14.6. The molecule has 8 nitrogen and oxygen atoms in total. The summed E-state index contributed by atoms with van der Waals surface area (Å²) < 4.78 is 21.1. The molecule has 0 unspecified atom stereocenters. The summed E-state index contributed by atoms with van der Waals surface area (Å²) in [6, 6.07) is 27.1. The van der Waals surface area contributed by atoms with E-state index in [1.165, 1.54) is 7.11 Å². The summed E-state index contributed by atoms with van der Waals surface area (Å²) >= 11 is 0. The highest BCUT2D eigenvalue weighted by Gasteiger charge is 2.16. The fourth-order valence-electron chi connectivity index (χ4n) is 4.10. The molecule has 0 aliphatic carbocycles. The van der Waals surface area contributed by atoms with Crippen LogP contribution in [-0.2, 0) is 19.1 Å². The van der Waals surface area contributed by atoms with Gasteiger partial charge in [0, 0.05) is 18.7 Å². The molecule has 4 rings (SSSR count). The Labute approximate surface area is 255 Å². The molecule has 0 amide bonds. The normalized spacial score (nSPS) is 10.4. The first-order valence-corrected chi connectivity index (χ1v) is 13.4. The molecule has 0 heterocycles. The number of hydrogen-bond acceptors (Lipinski definition) is 8. The molecule has 0 aliphatic rings. The van der Waals surface area contributed by atoms with Crippen LogP contribution in [0, 0.1) is 0 Å². The Kier molecular flexibility index (Phi) is 10.4. The number of carbonyl (C=O) groups is 3. The summed E-state index contributed by atoms with van der Waals surface area (Å²) in [5.74, 6) is -0.793. The van der Waals surface area contributed by atoms with Crippen LogP contribution in [0.15, 0.2) is 128 Å². The third kappa shape index (κ3) is 7.83. The lowest BCUT2D eigenvalue weighted by Crippen LogP contribution is -2.14. The van der Waals surface area contributed by atoms with Crippen LogP contribution in [0.4, 0.5) is 0 Å². The van der Waals surface area contributed by atoms with Gasteiger partial charge in [0.2, 0.25) is 0 Å². The maximum Gasteiger partial charge on any atom is 0.341 e. The van der Waals surface area contributed by atoms with Gasteiger partial charge < -0.3 is 24.1 Å². The lowest BCUT2D eigenvalue weighted by molar-refractivity contribution is -0.131. The van der Waals surface area contributed by atoms with Crippen LogP contribution in [0.5, 0.6) is 17.2 Å². The number of ether oxygens (including phenoxy) is 4. The molecular weight excluding hydrogens is 560 g/mol. The highest BCUT2D eigenvalue weighted by Crippen LogP contribution is 2.36. The molecule has 8 heteroatoms. The Balaban J connectivity index is 1.64. The van der Waals surface area contributed by atoms with Crippen molar-refractivity contribution >= 4 is 17.9 Å². The lowest BCUT2D eigenvalue weighted by Gasteiger charge is -2.14. The van der Waals surface area contributed by atoms with Crippen molar-refractivity contribution in [3.8, 4) is 50.6 Å². The number of aliphatic hydroxyl groups excluding tert-OH is 1. The zero-order chi connectivity index (χ0) is 31.6. The topological polar surface area (TPSA) is 108 Å². The van der Waals surface area contributed by atoms with Crippen molar-refractivity contribution in [2.24, 2.45) is 0 Å². The highest BCUT2D eigenvalue weighted by atomic mass is 16.5. The van der Waals surface area contributed by atoms with Gasteiger partial charge in [0.05, 0.1) is 24.4 Å². The van der Waals surface area contributed by atoms with Crippen LogP contribution in [-0.4, -0.2) is 43.3 Å². The molecule has 0 bridgehead atoms. The van der Waals surface area contributed by atoms with Gasteiger partial charge in [-0.25, -0.2) is 14.4 Å². The van der Waals surface area contributed by atoms with Gasteiger partial charge in [-0.2, -0.15) is 0 Å². The van der Waals surface area contributed by atoms with Crippen molar-refractivity contribution < 1.29 is 38.4 Å². The first-order chi connectivity index (χ1) is 21.2. The predicted octanol–water partition coefficient (Wildman–Crippen LogP) is 6.34. The van der Waals surface area contributed by atoms with Crippen molar-refractivity contribution in [1.82, 2.24) is 0 Å². The molecule has 0 saturated carbocycles. The molecular formula is C36H30O8. The van der Waals surface area contributed by atoms with Gasteiger partial charge >= 0.3 is 17.9 Å². The molecule has 0 radical (unpaired) electrons. The van der Waals surface area contributed by atoms with Gasteiger partial charge in [0.15, 0.2) is 0 Å². The van der Waals surface area contributed by atoms with Crippen LogP contribution in [0.25, 0.3) is 33.4 Å². The lowest BCUT2D eigenvalue weighted by atomic mass is 9.96. The van der Waals surface area contributed by atoms with E-state index >= 15 is 0 Å². The van der Waals surface area contributed by atoms with E-state index in [1.54, 1.807) is 42.5 Å². The fourth-order valence-corrected chi connectivity index (χ4v) is 4.10. The van der Waals surface area contributed by atoms with Gasteiger partial charge in [-0.3, -0.25) is 0 Å². The third-order valence-corrected chi connectivity index (χ3v) is 6.44. The Hall–Kier alpha value is -5.57. The first-order valence-electron chi connectivity index (χ1n) is 13.4. The van der Waals surface area contributed by atoms with Gasteiger partial charge in [-0.05, 0) is 64.2 Å². The highest BCUT2D eigenvalue weighted by molar-refractivity contribution is 5.92. The van der Waals surface area contributed by atoms with Gasteiger partial charge in [0.25, 0.3) is 0 Å². The van der Waals surface area contributed by atoms with E-state index in [0.717, 1.165) is 33.9 Å². The number of esters is 3. The maximum absolute atomic E-state index is 12.7.